The van der Waals surface area contributed by atoms with Crippen molar-refractivity contribution in [2.75, 3.05) is 51.7 Å². The molecule has 1 unspecified atom stereocenters. The lowest BCUT2D eigenvalue weighted by Gasteiger charge is -2.35. The standard InChI is InChI=1S/C25H32N4O2/c1-26(2)25(31)23-18-21-10-6-7-11-22(21)29(23)24(30)12-13-27-14-16-28(17-15-27)19-20-8-4-3-5-9-20/h3-11,23H,12-19H2,1-2H3. The summed E-state index contributed by atoms with van der Waals surface area (Å²) in [6.45, 7) is 5.67. The molecule has 2 aliphatic heterocycles. The molecule has 0 radical (unpaired) electrons. The van der Waals surface area contributed by atoms with Crippen LogP contribution in [0.25, 0.3) is 0 Å². The van der Waals surface area contributed by atoms with E-state index in [-0.39, 0.29) is 11.8 Å². The van der Waals surface area contributed by atoms with Gasteiger partial charge >= 0.3 is 0 Å². The molecule has 164 valence electrons. The minimum absolute atomic E-state index is 0.0147. The number of carbonyl (C=O) groups is 2. The SMILES string of the molecule is CN(C)C(=O)C1Cc2ccccc2N1C(=O)CCN1CCN(Cc2ccccc2)CC1. The van der Waals surface area contributed by atoms with Crippen LogP contribution < -0.4 is 4.90 Å². The van der Waals surface area contributed by atoms with E-state index in [1.54, 1.807) is 23.9 Å². The fourth-order valence-electron chi connectivity index (χ4n) is 4.58. The lowest BCUT2D eigenvalue weighted by Crippen LogP contribution is -2.49. The highest BCUT2D eigenvalue weighted by atomic mass is 16.2. The second kappa shape index (κ2) is 9.62. The van der Waals surface area contributed by atoms with Gasteiger partial charge in [0.05, 0.1) is 0 Å². The first-order valence-corrected chi connectivity index (χ1v) is 11.1. The number of para-hydroxylation sites is 1. The summed E-state index contributed by atoms with van der Waals surface area (Å²) >= 11 is 0. The lowest BCUT2D eigenvalue weighted by atomic mass is 10.1. The Bertz CT molecular complexity index is 907. The number of amides is 2. The van der Waals surface area contributed by atoms with Gasteiger partial charge in [0.2, 0.25) is 11.8 Å². The largest absolute Gasteiger partial charge is 0.347 e. The topological polar surface area (TPSA) is 47.1 Å². The second-order valence-corrected chi connectivity index (χ2v) is 8.70. The van der Waals surface area contributed by atoms with E-state index < -0.39 is 6.04 Å². The van der Waals surface area contributed by atoms with Gasteiger partial charge in [-0.2, -0.15) is 0 Å². The summed E-state index contributed by atoms with van der Waals surface area (Å²) < 4.78 is 0. The number of fused-ring (bicyclic) bond motifs is 1. The number of anilines is 1. The third kappa shape index (κ3) is 4.97. The normalized spacial score (nSPS) is 19.3. The highest BCUT2D eigenvalue weighted by Crippen LogP contribution is 2.33. The third-order valence-electron chi connectivity index (χ3n) is 6.33. The molecule has 6 heteroatoms. The molecule has 1 fully saturated rings. The number of piperazine rings is 1. The van der Waals surface area contributed by atoms with Crippen molar-refractivity contribution < 1.29 is 9.59 Å². The number of likely N-dealkylation sites (N-methyl/N-ethyl adjacent to an activating group) is 1. The molecule has 2 amide bonds. The highest BCUT2D eigenvalue weighted by molar-refractivity contribution is 6.03. The average molecular weight is 421 g/mol. The maximum absolute atomic E-state index is 13.2. The van der Waals surface area contributed by atoms with E-state index in [0.717, 1.165) is 50.5 Å². The summed E-state index contributed by atoms with van der Waals surface area (Å²) in [6, 6.07) is 18.0. The van der Waals surface area contributed by atoms with Crippen LogP contribution in [0.1, 0.15) is 17.5 Å². The molecule has 6 nitrogen and oxygen atoms in total. The van der Waals surface area contributed by atoms with Crippen molar-refractivity contribution in [3.63, 3.8) is 0 Å². The lowest BCUT2D eigenvalue weighted by molar-refractivity contribution is -0.132. The van der Waals surface area contributed by atoms with E-state index in [9.17, 15) is 9.59 Å². The van der Waals surface area contributed by atoms with Crippen molar-refractivity contribution in [2.45, 2.75) is 25.4 Å². The summed E-state index contributed by atoms with van der Waals surface area (Å²) in [4.78, 5) is 34.1. The average Bonchev–Trinajstić information content (AvgIpc) is 3.18. The zero-order chi connectivity index (χ0) is 21.8. The highest BCUT2D eigenvalue weighted by Gasteiger charge is 2.38. The van der Waals surface area contributed by atoms with Crippen molar-refractivity contribution in [1.29, 1.82) is 0 Å². The fourth-order valence-corrected chi connectivity index (χ4v) is 4.58. The van der Waals surface area contributed by atoms with Gasteiger partial charge in [-0.15, -0.1) is 0 Å². The Morgan fingerprint density at radius 3 is 2.26 bits per heavy atom. The molecule has 31 heavy (non-hydrogen) atoms. The van der Waals surface area contributed by atoms with Crippen LogP contribution in [0, 0.1) is 0 Å². The van der Waals surface area contributed by atoms with Crippen molar-refractivity contribution in [1.82, 2.24) is 14.7 Å². The Labute approximate surface area is 185 Å². The first-order chi connectivity index (χ1) is 15.0. The predicted molar refractivity (Wildman–Crippen MR) is 123 cm³/mol. The van der Waals surface area contributed by atoms with E-state index in [2.05, 4.69) is 34.1 Å². The van der Waals surface area contributed by atoms with Crippen LogP contribution in [0.15, 0.2) is 54.6 Å². The van der Waals surface area contributed by atoms with Crippen LogP contribution >= 0.6 is 0 Å². The van der Waals surface area contributed by atoms with Gasteiger partial charge in [0, 0.05) is 71.9 Å². The maximum atomic E-state index is 13.2. The van der Waals surface area contributed by atoms with Crippen LogP contribution in [-0.4, -0.2) is 79.4 Å². The number of rotatable bonds is 6. The van der Waals surface area contributed by atoms with Crippen LogP contribution in [0.5, 0.6) is 0 Å². The quantitative estimate of drug-likeness (QED) is 0.719. The summed E-state index contributed by atoms with van der Waals surface area (Å²) in [5.41, 5.74) is 3.31. The minimum Gasteiger partial charge on any atom is -0.347 e. The second-order valence-electron chi connectivity index (χ2n) is 8.70. The van der Waals surface area contributed by atoms with Gasteiger partial charge in [-0.1, -0.05) is 48.5 Å². The van der Waals surface area contributed by atoms with Crippen LogP contribution in [0.4, 0.5) is 5.69 Å². The van der Waals surface area contributed by atoms with Crippen LogP contribution in [0.3, 0.4) is 0 Å². The van der Waals surface area contributed by atoms with Crippen LogP contribution in [0.2, 0.25) is 0 Å². The zero-order valence-electron chi connectivity index (χ0n) is 18.5. The van der Waals surface area contributed by atoms with E-state index in [1.807, 2.05) is 30.3 Å². The van der Waals surface area contributed by atoms with Gasteiger partial charge < -0.3 is 9.80 Å². The van der Waals surface area contributed by atoms with E-state index in [4.69, 9.17) is 0 Å². The molecule has 0 bridgehead atoms. The fraction of sp³-hybridized carbons (Fsp3) is 0.440. The molecular formula is C25H32N4O2. The Kier molecular flexibility index (Phi) is 6.68. The molecule has 0 spiro atoms. The molecule has 0 N–H and O–H groups in total. The van der Waals surface area contributed by atoms with Crippen LogP contribution in [-0.2, 0) is 22.6 Å². The van der Waals surface area contributed by atoms with Gasteiger partial charge in [0.25, 0.3) is 0 Å². The first-order valence-electron chi connectivity index (χ1n) is 11.1. The molecule has 2 aromatic rings. The van der Waals surface area contributed by atoms with Crippen molar-refractivity contribution in [3.8, 4) is 0 Å². The van der Waals surface area contributed by atoms with Gasteiger partial charge in [-0.25, -0.2) is 0 Å². The molecule has 4 rings (SSSR count). The van der Waals surface area contributed by atoms with E-state index in [1.165, 1.54) is 5.56 Å². The van der Waals surface area contributed by atoms with E-state index >= 15 is 0 Å². The maximum Gasteiger partial charge on any atom is 0.245 e. The smallest absolute Gasteiger partial charge is 0.245 e. The Hall–Kier alpha value is -2.70. The first kappa shape index (κ1) is 21.5. The summed E-state index contributed by atoms with van der Waals surface area (Å²) in [5, 5.41) is 0. The van der Waals surface area contributed by atoms with Gasteiger partial charge in [0.15, 0.2) is 0 Å². The van der Waals surface area contributed by atoms with Gasteiger partial charge in [0.1, 0.15) is 6.04 Å². The number of benzene rings is 2. The molecule has 2 aliphatic rings. The van der Waals surface area contributed by atoms with Crippen molar-refractivity contribution in [2.24, 2.45) is 0 Å². The zero-order valence-corrected chi connectivity index (χ0v) is 18.5. The Morgan fingerprint density at radius 2 is 1.55 bits per heavy atom. The molecular weight excluding hydrogens is 388 g/mol. The number of nitrogens with zero attached hydrogens (tertiary/aromatic N) is 4. The minimum atomic E-state index is -0.428. The van der Waals surface area contributed by atoms with Crippen molar-refractivity contribution >= 4 is 17.5 Å². The molecule has 0 saturated carbocycles. The summed E-state index contributed by atoms with van der Waals surface area (Å²) in [5.74, 6) is 0.0240. The molecule has 0 aliphatic carbocycles. The molecule has 1 atom stereocenters. The van der Waals surface area contributed by atoms with Gasteiger partial charge in [-0.3, -0.25) is 19.4 Å². The Balaban J connectivity index is 1.32. The summed E-state index contributed by atoms with van der Waals surface area (Å²) in [7, 11) is 3.51. The molecule has 0 aromatic heterocycles. The summed E-state index contributed by atoms with van der Waals surface area (Å²) in [6.07, 6.45) is 1.03. The molecule has 2 aromatic carbocycles. The van der Waals surface area contributed by atoms with E-state index in [0.29, 0.717) is 12.8 Å². The number of hydrogen-bond acceptors (Lipinski definition) is 4. The van der Waals surface area contributed by atoms with Crippen molar-refractivity contribution in [3.05, 3.63) is 65.7 Å². The Morgan fingerprint density at radius 1 is 0.903 bits per heavy atom. The molecule has 2 heterocycles. The third-order valence-corrected chi connectivity index (χ3v) is 6.33. The molecule has 1 saturated heterocycles. The van der Waals surface area contributed by atoms with Gasteiger partial charge in [-0.05, 0) is 17.2 Å². The number of carbonyl (C=O) groups excluding carboxylic acids is 2. The number of hydrogen-bond donors (Lipinski definition) is 0. The predicted octanol–water partition coefficient (Wildman–Crippen LogP) is 2.24. The monoisotopic (exact) mass is 420 g/mol.